The van der Waals surface area contributed by atoms with Crippen molar-refractivity contribution in [2.24, 2.45) is 12.1 Å². The van der Waals surface area contributed by atoms with Crippen molar-refractivity contribution in [3.05, 3.63) is 32.1 Å². The molecule has 1 fully saturated rings. The largest absolute Gasteiger partial charge is 0.328 e. The van der Waals surface area contributed by atoms with Crippen molar-refractivity contribution in [1.29, 1.82) is 0 Å². The molecular weight excluding hydrogens is 232 g/mol. The maximum absolute atomic E-state index is 11.9. The highest BCUT2D eigenvalue weighted by molar-refractivity contribution is 5.80. The van der Waals surface area contributed by atoms with Crippen molar-refractivity contribution in [3.63, 3.8) is 0 Å². The lowest BCUT2D eigenvalue weighted by molar-refractivity contribution is 0.240. The zero-order chi connectivity index (χ0) is 13.1. The molecule has 0 saturated carbocycles. The van der Waals surface area contributed by atoms with E-state index in [1.54, 1.807) is 13.1 Å². The topological polar surface area (TPSA) is 70.5 Å². The minimum Gasteiger partial charge on any atom is -0.311 e. The van der Waals surface area contributed by atoms with Crippen LogP contribution in [0.2, 0.25) is 0 Å². The summed E-state index contributed by atoms with van der Waals surface area (Å²) in [6, 6.07) is 0. The van der Waals surface area contributed by atoms with Crippen molar-refractivity contribution >= 4 is 6.21 Å². The summed E-state index contributed by atoms with van der Waals surface area (Å²) in [7, 11) is 1.46. The van der Waals surface area contributed by atoms with E-state index in [0.717, 1.165) is 30.5 Å². The lowest BCUT2D eigenvalue weighted by Gasteiger charge is -2.23. The smallest absolute Gasteiger partial charge is 0.311 e. The summed E-state index contributed by atoms with van der Waals surface area (Å²) in [5.41, 5.74) is 0.302. The Balaban J connectivity index is 2.28. The van der Waals surface area contributed by atoms with Gasteiger partial charge in [0, 0.05) is 25.8 Å². The van der Waals surface area contributed by atoms with Crippen LogP contribution in [-0.2, 0) is 7.05 Å². The van der Waals surface area contributed by atoms with Crippen LogP contribution in [0.25, 0.3) is 0 Å². The molecular formula is C12H18N4O2. The second kappa shape index (κ2) is 5.20. The van der Waals surface area contributed by atoms with Crippen LogP contribution in [-0.4, -0.2) is 33.9 Å². The molecule has 6 nitrogen and oxygen atoms in total. The molecule has 1 aliphatic heterocycles. The Morgan fingerprint density at radius 2 is 1.89 bits per heavy atom. The molecule has 0 spiro atoms. The van der Waals surface area contributed by atoms with E-state index in [-0.39, 0.29) is 5.56 Å². The van der Waals surface area contributed by atoms with Crippen molar-refractivity contribution in [1.82, 2.24) is 14.6 Å². The molecule has 1 aromatic heterocycles. The number of hydrogen-bond acceptors (Lipinski definition) is 4. The molecule has 0 amide bonds. The van der Waals surface area contributed by atoms with E-state index in [4.69, 9.17) is 0 Å². The van der Waals surface area contributed by atoms with Crippen LogP contribution in [0.1, 0.15) is 30.5 Å². The zero-order valence-electron chi connectivity index (χ0n) is 10.8. The molecule has 1 saturated heterocycles. The van der Waals surface area contributed by atoms with Gasteiger partial charge >= 0.3 is 5.69 Å². The lowest BCUT2D eigenvalue weighted by atomic mass is 10.2. The fourth-order valence-electron chi connectivity index (χ4n) is 2.03. The number of nitrogens with zero attached hydrogens (tertiary/aromatic N) is 3. The van der Waals surface area contributed by atoms with Crippen LogP contribution in [0, 0.1) is 6.92 Å². The Morgan fingerprint density at radius 3 is 2.56 bits per heavy atom. The summed E-state index contributed by atoms with van der Waals surface area (Å²) in [5.74, 6) is 0. The Bertz CT molecular complexity index is 564. The number of rotatable bonds is 2. The summed E-state index contributed by atoms with van der Waals surface area (Å²) in [5, 5.41) is 6.28. The maximum atomic E-state index is 11.9. The number of hydrazone groups is 1. The third-order valence-electron chi connectivity index (χ3n) is 3.22. The van der Waals surface area contributed by atoms with Gasteiger partial charge in [-0.15, -0.1) is 0 Å². The normalized spacial score (nSPS) is 16.4. The SMILES string of the molecule is Cc1[nH]c(=O)n(C)c(=O)c1/C=N/N1CCCCC1. The van der Waals surface area contributed by atoms with Crippen LogP contribution in [0.5, 0.6) is 0 Å². The monoisotopic (exact) mass is 250 g/mol. The molecule has 98 valence electrons. The van der Waals surface area contributed by atoms with E-state index in [9.17, 15) is 9.59 Å². The number of aromatic amines is 1. The highest BCUT2D eigenvalue weighted by Gasteiger charge is 2.09. The average molecular weight is 250 g/mol. The number of aromatic nitrogens is 2. The van der Waals surface area contributed by atoms with Gasteiger partial charge in [-0.2, -0.15) is 5.10 Å². The zero-order valence-corrected chi connectivity index (χ0v) is 10.8. The van der Waals surface area contributed by atoms with Gasteiger partial charge in [-0.1, -0.05) is 0 Å². The van der Waals surface area contributed by atoms with Crippen molar-refractivity contribution in [2.75, 3.05) is 13.1 Å². The van der Waals surface area contributed by atoms with Gasteiger partial charge in [0.25, 0.3) is 5.56 Å². The minimum atomic E-state index is -0.396. The van der Waals surface area contributed by atoms with Crippen molar-refractivity contribution < 1.29 is 0 Å². The van der Waals surface area contributed by atoms with Gasteiger partial charge in [-0.3, -0.25) is 14.4 Å². The van der Waals surface area contributed by atoms with Gasteiger partial charge in [0.1, 0.15) is 0 Å². The first kappa shape index (κ1) is 12.6. The van der Waals surface area contributed by atoms with E-state index in [0.29, 0.717) is 11.3 Å². The molecule has 0 radical (unpaired) electrons. The summed E-state index contributed by atoms with van der Waals surface area (Å²) in [6.45, 7) is 3.57. The Labute approximate surface area is 105 Å². The average Bonchev–Trinajstić information content (AvgIpc) is 2.37. The predicted octanol–water partition coefficient (Wildman–Crippen LogP) is 0.202. The molecule has 1 aromatic rings. The van der Waals surface area contributed by atoms with E-state index in [1.807, 2.05) is 5.01 Å². The molecule has 0 atom stereocenters. The second-order valence-corrected chi connectivity index (χ2v) is 4.59. The van der Waals surface area contributed by atoms with Crippen molar-refractivity contribution in [3.8, 4) is 0 Å². The molecule has 6 heteroatoms. The van der Waals surface area contributed by atoms with Crippen LogP contribution in [0.15, 0.2) is 14.7 Å². The predicted molar refractivity (Wildman–Crippen MR) is 70.1 cm³/mol. The maximum Gasteiger partial charge on any atom is 0.328 e. The van der Waals surface area contributed by atoms with Crippen LogP contribution in [0.4, 0.5) is 0 Å². The molecule has 1 N–H and O–H groups in total. The quantitative estimate of drug-likeness (QED) is 0.762. The van der Waals surface area contributed by atoms with E-state index in [2.05, 4.69) is 10.1 Å². The Kier molecular flexibility index (Phi) is 3.64. The molecule has 0 unspecified atom stereocenters. The highest BCUT2D eigenvalue weighted by Crippen LogP contribution is 2.08. The molecule has 1 aliphatic rings. The van der Waals surface area contributed by atoms with Gasteiger partial charge < -0.3 is 4.98 Å². The molecule has 2 rings (SSSR count). The minimum absolute atomic E-state index is 0.308. The van der Waals surface area contributed by atoms with Gasteiger partial charge in [-0.25, -0.2) is 4.79 Å². The van der Waals surface area contributed by atoms with Crippen LogP contribution in [0.3, 0.4) is 0 Å². The standard InChI is InChI=1S/C12H18N4O2/c1-9-10(11(17)15(2)12(18)14-9)8-13-16-6-4-3-5-7-16/h8H,3-7H2,1-2H3,(H,14,18)/b13-8+. The van der Waals surface area contributed by atoms with E-state index >= 15 is 0 Å². The molecule has 18 heavy (non-hydrogen) atoms. The van der Waals surface area contributed by atoms with Gasteiger partial charge in [0.05, 0.1) is 11.8 Å². The van der Waals surface area contributed by atoms with Crippen molar-refractivity contribution in [2.45, 2.75) is 26.2 Å². The third-order valence-corrected chi connectivity index (χ3v) is 3.22. The van der Waals surface area contributed by atoms with Crippen LogP contribution < -0.4 is 11.2 Å². The third kappa shape index (κ3) is 2.52. The Morgan fingerprint density at radius 1 is 1.22 bits per heavy atom. The first-order valence-electron chi connectivity index (χ1n) is 6.18. The van der Waals surface area contributed by atoms with Gasteiger partial charge in [0.15, 0.2) is 0 Å². The fraction of sp³-hybridized carbons (Fsp3) is 0.583. The lowest BCUT2D eigenvalue weighted by Crippen LogP contribution is -2.36. The van der Waals surface area contributed by atoms with E-state index < -0.39 is 5.69 Å². The first-order valence-corrected chi connectivity index (χ1v) is 6.18. The summed E-state index contributed by atoms with van der Waals surface area (Å²) in [6.07, 6.45) is 5.07. The summed E-state index contributed by atoms with van der Waals surface area (Å²) in [4.78, 5) is 25.9. The summed E-state index contributed by atoms with van der Waals surface area (Å²) >= 11 is 0. The fourth-order valence-corrected chi connectivity index (χ4v) is 2.03. The van der Waals surface area contributed by atoms with E-state index in [1.165, 1.54) is 13.5 Å². The molecule has 0 bridgehead atoms. The first-order chi connectivity index (χ1) is 8.59. The van der Waals surface area contributed by atoms with Crippen LogP contribution >= 0.6 is 0 Å². The highest BCUT2D eigenvalue weighted by atomic mass is 16.2. The summed E-state index contributed by atoms with van der Waals surface area (Å²) < 4.78 is 1.06. The molecule has 0 aliphatic carbocycles. The number of hydrogen-bond donors (Lipinski definition) is 1. The second-order valence-electron chi connectivity index (χ2n) is 4.59. The number of H-pyrrole nitrogens is 1. The number of piperidine rings is 1. The van der Waals surface area contributed by atoms with Gasteiger partial charge in [-0.05, 0) is 26.2 Å². The number of aryl methyl sites for hydroxylation is 1. The number of nitrogens with one attached hydrogen (secondary N) is 1. The molecule has 0 aromatic carbocycles. The molecule has 2 heterocycles. The van der Waals surface area contributed by atoms with Gasteiger partial charge in [0.2, 0.25) is 0 Å². The Hall–Kier alpha value is -1.85.